The number of hydrogen-bond donors (Lipinski definition) is 1. The van der Waals surface area contributed by atoms with Crippen molar-refractivity contribution in [3.63, 3.8) is 0 Å². The SMILES string of the molecule is CNCc1nc(C)nc(C(C)C)n1. The molecule has 0 aliphatic heterocycles. The molecule has 0 bridgehead atoms. The van der Waals surface area contributed by atoms with E-state index in [2.05, 4.69) is 34.1 Å². The van der Waals surface area contributed by atoms with Gasteiger partial charge in [0.1, 0.15) is 17.5 Å². The summed E-state index contributed by atoms with van der Waals surface area (Å²) in [6, 6.07) is 0. The Kier molecular flexibility index (Phi) is 3.31. The van der Waals surface area contributed by atoms with Gasteiger partial charge in [-0.3, -0.25) is 0 Å². The number of nitrogens with zero attached hydrogens (tertiary/aromatic N) is 3. The molecule has 0 atom stereocenters. The first-order chi connectivity index (χ1) is 6.13. The smallest absolute Gasteiger partial charge is 0.146 e. The monoisotopic (exact) mass is 180 g/mol. The second-order valence-corrected chi connectivity index (χ2v) is 3.34. The fourth-order valence-electron chi connectivity index (χ4n) is 1.06. The van der Waals surface area contributed by atoms with Crippen molar-refractivity contribution in [3.05, 3.63) is 17.5 Å². The fraction of sp³-hybridized carbons (Fsp3) is 0.667. The molecule has 4 heteroatoms. The summed E-state index contributed by atoms with van der Waals surface area (Å²) in [6.07, 6.45) is 0. The summed E-state index contributed by atoms with van der Waals surface area (Å²) < 4.78 is 0. The predicted molar refractivity (Wildman–Crippen MR) is 51.4 cm³/mol. The molecule has 4 nitrogen and oxygen atoms in total. The quantitative estimate of drug-likeness (QED) is 0.754. The molecular weight excluding hydrogens is 164 g/mol. The van der Waals surface area contributed by atoms with Gasteiger partial charge in [0.2, 0.25) is 0 Å². The number of aromatic nitrogens is 3. The number of nitrogens with one attached hydrogen (secondary N) is 1. The molecular formula is C9H16N4. The van der Waals surface area contributed by atoms with Crippen molar-refractivity contribution in [2.24, 2.45) is 0 Å². The maximum Gasteiger partial charge on any atom is 0.146 e. The lowest BCUT2D eigenvalue weighted by atomic mass is 10.2. The van der Waals surface area contributed by atoms with E-state index in [9.17, 15) is 0 Å². The molecule has 0 saturated carbocycles. The highest BCUT2D eigenvalue weighted by molar-refractivity contribution is 4.99. The third-order valence-electron chi connectivity index (χ3n) is 1.66. The fourth-order valence-corrected chi connectivity index (χ4v) is 1.06. The van der Waals surface area contributed by atoms with Crippen LogP contribution in [-0.2, 0) is 6.54 Å². The van der Waals surface area contributed by atoms with Gasteiger partial charge in [-0.05, 0) is 14.0 Å². The van der Waals surface area contributed by atoms with Crippen LogP contribution in [0.5, 0.6) is 0 Å². The summed E-state index contributed by atoms with van der Waals surface area (Å²) in [5, 5.41) is 3.02. The maximum atomic E-state index is 4.34. The lowest BCUT2D eigenvalue weighted by Gasteiger charge is -2.06. The molecule has 0 saturated heterocycles. The minimum atomic E-state index is 0.359. The predicted octanol–water partition coefficient (Wildman–Crippen LogP) is 1.02. The van der Waals surface area contributed by atoms with Crippen molar-refractivity contribution >= 4 is 0 Å². The largest absolute Gasteiger partial charge is 0.313 e. The molecule has 0 aliphatic carbocycles. The van der Waals surface area contributed by atoms with Crippen LogP contribution in [-0.4, -0.2) is 22.0 Å². The molecule has 1 aromatic rings. The van der Waals surface area contributed by atoms with Gasteiger partial charge in [0.25, 0.3) is 0 Å². The van der Waals surface area contributed by atoms with Crippen LogP contribution in [0.1, 0.15) is 37.2 Å². The molecule has 1 rings (SSSR count). The van der Waals surface area contributed by atoms with E-state index in [-0.39, 0.29) is 0 Å². The lowest BCUT2D eigenvalue weighted by molar-refractivity contribution is 0.683. The minimum absolute atomic E-state index is 0.359. The van der Waals surface area contributed by atoms with Gasteiger partial charge in [0.05, 0.1) is 6.54 Å². The first kappa shape index (κ1) is 10.1. The van der Waals surface area contributed by atoms with E-state index in [4.69, 9.17) is 0 Å². The molecule has 0 aromatic carbocycles. The van der Waals surface area contributed by atoms with Crippen LogP contribution in [0.15, 0.2) is 0 Å². The number of aryl methyl sites for hydroxylation is 1. The highest BCUT2D eigenvalue weighted by Gasteiger charge is 2.06. The summed E-state index contributed by atoms with van der Waals surface area (Å²) in [4.78, 5) is 12.8. The molecule has 0 radical (unpaired) electrons. The Morgan fingerprint density at radius 2 is 1.92 bits per heavy atom. The van der Waals surface area contributed by atoms with Gasteiger partial charge in [0, 0.05) is 5.92 Å². The average molecular weight is 180 g/mol. The first-order valence-corrected chi connectivity index (χ1v) is 4.49. The third-order valence-corrected chi connectivity index (χ3v) is 1.66. The van der Waals surface area contributed by atoms with Gasteiger partial charge in [0.15, 0.2) is 0 Å². The summed E-state index contributed by atoms with van der Waals surface area (Å²) >= 11 is 0. The molecule has 1 N–H and O–H groups in total. The average Bonchev–Trinajstić information content (AvgIpc) is 2.03. The van der Waals surface area contributed by atoms with Gasteiger partial charge in [-0.25, -0.2) is 15.0 Å². The van der Waals surface area contributed by atoms with E-state index >= 15 is 0 Å². The van der Waals surface area contributed by atoms with Gasteiger partial charge in [-0.1, -0.05) is 13.8 Å². The Morgan fingerprint density at radius 3 is 2.46 bits per heavy atom. The summed E-state index contributed by atoms with van der Waals surface area (Å²) in [6.45, 7) is 6.76. The van der Waals surface area contributed by atoms with Crippen LogP contribution in [0.2, 0.25) is 0 Å². The normalized spacial score (nSPS) is 10.8. The van der Waals surface area contributed by atoms with E-state index in [0.717, 1.165) is 17.5 Å². The summed E-state index contributed by atoms with van der Waals surface area (Å²) in [5.41, 5.74) is 0. The van der Waals surface area contributed by atoms with Crippen molar-refractivity contribution in [2.45, 2.75) is 33.2 Å². The van der Waals surface area contributed by atoms with Crippen molar-refractivity contribution in [3.8, 4) is 0 Å². The summed E-state index contributed by atoms with van der Waals surface area (Å²) in [5.74, 6) is 2.85. The Balaban J connectivity index is 2.96. The third kappa shape index (κ3) is 2.73. The Hall–Kier alpha value is -1.03. The molecule has 13 heavy (non-hydrogen) atoms. The standard InChI is InChI=1S/C9H16N4/c1-6(2)9-12-7(3)11-8(13-9)5-10-4/h6,10H,5H2,1-4H3. The highest BCUT2D eigenvalue weighted by atomic mass is 15.1. The van der Waals surface area contributed by atoms with Gasteiger partial charge < -0.3 is 5.32 Å². The Morgan fingerprint density at radius 1 is 1.23 bits per heavy atom. The van der Waals surface area contributed by atoms with E-state index in [1.54, 1.807) is 0 Å². The Labute approximate surface area is 78.8 Å². The van der Waals surface area contributed by atoms with Crippen molar-refractivity contribution in [1.82, 2.24) is 20.3 Å². The number of hydrogen-bond acceptors (Lipinski definition) is 4. The van der Waals surface area contributed by atoms with E-state index in [1.807, 2.05) is 14.0 Å². The topological polar surface area (TPSA) is 50.7 Å². The highest BCUT2D eigenvalue weighted by Crippen LogP contribution is 2.08. The molecule has 1 aromatic heterocycles. The Bertz CT molecular complexity index is 283. The first-order valence-electron chi connectivity index (χ1n) is 4.49. The second-order valence-electron chi connectivity index (χ2n) is 3.34. The van der Waals surface area contributed by atoms with Crippen LogP contribution in [0.4, 0.5) is 0 Å². The van der Waals surface area contributed by atoms with Gasteiger partial charge in [-0.2, -0.15) is 0 Å². The summed E-state index contributed by atoms with van der Waals surface area (Å²) in [7, 11) is 1.88. The maximum absolute atomic E-state index is 4.34. The molecule has 0 spiro atoms. The molecule has 0 amide bonds. The van der Waals surface area contributed by atoms with Gasteiger partial charge in [-0.15, -0.1) is 0 Å². The lowest BCUT2D eigenvalue weighted by Crippen LogP contribution is -2.13. The zero-order valence-electron chi connectivity index (χ0n) is 8.63. The van der Waals surface area contributed by atoms with Crippen molar-refractivity contribution < 1.29 is 0 Å². The second kappa shape index (κ2) is 4.28. The van der Waals surface area contributed by atoms with Crippen molar-refractivity contribution in [1.29, 1.82) is 0 Å². The van der Waals surface area contributed by atoms with Crippen LogP contribution < -0.4 is 5.32 Å². The molecule has 0 aliphatic rings. The van der Waals surface area contributed by atoms with Crippen LogP contribution in [0, 0.1) is 6.92 Å². The van der Waals surface area contributed by atoms with Crippen LogP contribution in [0.3, 0.4) is 0 Å². The minimum Gasteiger partial charge on any atom is -0.313 e. The van der Waals surface area contributed by atoms with Crippen LogP contribution in [0.25, 0.3) is 0 Å². The van der Waals surface area contributed by atoms with E-state index in [0.29, 0.717) is 12.5 Å². The van der Waals surface area contributed by atoms with Gasteiger partial charge >= 0.3 is 0 Å². The van der Waals surface area contributed by atoms with E-state index < -0.39 is 0 Å². The number of rotatable bonds is 3. The molecule has 1 heterocycles. The molecule has 0 unspecified atom stereocenters. The van der Waals surface area contributed by atoms with E-state index in [1.165, 1.54) is 0 Å². The molecule has 72 valence electrons. The molecule has 0 fully saturated rings. The van der Waals surface area contributed by atoms with Crippen LogP contribution >= 0.6 is 0 Å². The zero-order valence-corrected chi connectivity index (χ0v) is 8.63. The zero-order chi connectivity index (χ0) is 9.84. The van der Waals surface area contributed by atoms with Crippen molar-refractivity contribution in [2.75, 3.05) is 7.05 Å².